The fourth-order valence-corrected chi connectivity index (χ4v) is 3.20. The van der Waals surface area contributed by atoms with Crippen molar-refractivity contribution in [3.05, 3.63) is 48.0 Å². The highest BCUT2D eigenvalue weighted by molar-refractivity contribution is 7.89. The molecule has 0 spiro atoms. The summed E-state index contributed by atoms with van der Waals surface area (Å²) in [6.45, 7) is 0.148. The van der Waals surface area contributed by atoms with Gasteiger partial charge in [0.05, 0.1) is 21.3 Å². The SMILES string of the molecule is COc1cccc(CNS(=O)(=O)c2ccc(OC)cc2OC)c1. The van der Waals surface area contributed by atoms with E-state index in [2.05, 4.69) is 4.72 Å². The largest absolute Gasteiger partial charge is 0.497 e. The van der Waals surface area contributed by atoms with Crippen LogP contribution in [0.1, 0.15) is 5.56 Å². The van der Waals surface area contributed by atoms with Gasteiger partial charge < -0.3 is 14.2 Å². The molecule has 2 aromatic rings. The average molecular weight is 337 g/mol. The normalized spacial score (nSPS) is 11.1. The highest BCUT2D eigenvalue weighted by Gasteiger charge is 2.19. The molecule has 2 rings (SSSR count). The summed E-state index contributed by atoms with van der Waals surface area (Å²) in [5, 5.41) is 0. The van der Waals surface area contributed by atoms with E-state index < -0.39 is 10.0 Å². The number of rotatable bonds is 7. The molecule has 0 aliphatic rings. The number of benzene rings is 2. The summed E-state index contributed by atoms with van der Waals surface area (Å²) in [5.74, 6) is 1.42. The topological polar surface area (TPSA) is 73.9 Å². The van der Waals surface area contributed by atoms with Crippen LogP contribution in [0, 0.1) is 0 Å². The first kappa shape index (κ1) is 17.1. The van der Waals surface area contributed by atoms with Gasteiger partial charge in [-0.05, 0) is 29.8 Å². The summed E-state index contributed by atoms with van der Waals surface area (Å²) in [5.41, 5.74) is 0.792. The molecule has 0 atom stereocenters. The number of hydrogen-bond acceptors (Lipinski definition) is 5. The molecule has 0 aliphatic heterocycles. The van der Waals surface area contributed by atoms with Gasteiger partial charge in [0.25, 0.3) is 0 Å². The zero-order valence-corrected chi connectivity index (χ0v) is 14.0. The third-order valence-corrected chi connectivity index (χ3v) is 4.70. The molecule has 1 N–H and O–H groups in total. The van der Waals surface area contributed by atoms with Crippen LogP contribution in [0.5, 0.6) is 17.2 Å². The molecule has 0 bridgehead atoms. The minimum absolute atomic E-state index is 0.0590. The Morgan fingerprint density at radius 2 is 1.61 bits per heavy atom. The van der Waals surface area contributed by atoms with Gasteiger partial charge in [-0.15, -0.1) is 0 Å². The van der Waals surface area contributed by atoms with E-state index in [9.17, 15) is 8.42 Å². The first-order valence-corrected chi connectivity index (χ1v) is 8.33. The van der Waals surface area contributed by atoms with Gasteiger partial charge in [-0.2, -0.15) is 0 Å². The van der Waals surface area contributed by atoms with Crippen molar-refractivity contribution in [3.8, 4) is 17.2 Å². The number of sulfonamides is 1. The Bertz CT molecular complexity index is 774. The van der Waals surface area contributed by atoms with Crippen LogP contribution < -0.4 is 18.9 Å². The second-order valence-corrected chi connectivity index (χ2v) is 6.43. The Balaban J connectivity index is 2.21. The van der Waals surface area contributed by atoms with E-state index in [1.807, 2.05) is 6.07 Å². The molecule has 6 nitrogen and oxygen atoms in total. The molecule has 0 unspecified atom stereocenters. The van der Waals surface area contributed by atoms with Crippen LogP contribution in [-0.4, -0.2) is 29.7 Å². The summed E-state index contributed by atoms with van der Waals surface area (Å²) in [6, 6.07) is 11.7. The maximum absolute atomic E-state index is 12.5. The van der Waals surface area contributed by atoms with Crippen molar-refractivity contribution >= 4 is 10.0 Å². The summed E-state index contributed by atoms with van der Waals surface area (Å²) in [7, 11) is 0.760. The van der Waals surface area contributed by atoms with Crippen LogP contribution >= 0.6 is 0 Å². The minimum atomic E-state index is -3.72. The van der Waals surface area contributed by atoms with Gasteiger partial charge in [0.15, 0.2) is 0 Å². The molecule has 0 aromatic heterocycles. The molecule has 124 valence electrons. The number of methoxy groups -OCH3 is 3. The lowest BCUT2D eigenvalue weighted by molar-refractivity contribution is 0.386. The quantitative estimate of drug-likeness (QED) is 0.838. The monoisotopic (exact) mass is 337 g/mol. The number of nitrogens with one attached hydrogen (secondary N) is 1. The molecule has 0 heterocycles. The minimum Gasteiger partial charge on any atom is -0.497 e. The van der Waals surface area contributed by atoms with Crippen molar-refractivity contribution < 1.29 is 22.6 Å². The highest BCUT2D eigenvalue weighted by Crippen LogP contribution is 2.28. The lowest BCUT2D eigenvalue weighted by atomic mass is 10.2. The molecule has 0 aliphatic carbocycles. The fraction of sp³-hybridized carbons (Fsp3) is 0.250. The Morgan fingerprint density at radius 3 is 2.26 bits per heavy atom. The predicted octanol–water partition coefficient (Wildman–Crippen LogP) is 2.19. The molecule has 0 radical (unpaired) electrons. The molecule has 0 saturated heterocycles. The zero-order valence-electron chi connectivity index (χ0n) is 13.2. The van der Waals surface area contributed by atoms with Crippen LogP contribution in [0.25, 0.3) is 0 Å². The molecular weight excluding hydrogens is 318 g/mol. The van der Waals surface area contributed by atoms with E-state index in [-0.39, 0.29) is 17.2 Å². The van der Waals surface area contributed by atoms with Gasteiger partial charge in [-0.1, -0.05) is 12.1 Å². The molecule has 2 aromatic carbocycles. The van der Waals surface area contributed by atoms with E-state index in [4.69, 9.17) is 14.2 Å². The van der Waals surface area contributed by atoms with Gasteiger partial charge in [0, 0.05) is 12.6 Å². The summed E-state index contributed by atoms with van der Waals surface area (Å²) in [4.78, 5) is 0.0590. The second kappa shape index (κ2) is 7.34. The summed E-state index contributed by atoms with van der Waals surface area (Å²) in [6.07, 6.45) is 0. The van der Waals surface area contributed by atoms with E-state index >= 15 is 0 Å². The number of hydrogen-bond donors (Lipinski definition) is 1. The smallest absolute Gasteiger partial charge is 0.244 e. The van der Waals surface area contributed by atoms with E-state index in [1.54, 1.807) is 31.4 Å². The molecular formula is C16H19NO5S. The molecule has 0 fully saturated rings. The van der Waals surface area contributed by atoms with Crippen LogP contribution in [0.4, 0.5) is 0 Å². The van der Waals surface area contributed by atoms with Gasteiger partial charge in [0.2, 0.25) is 10.0 Å². The predicted molar refractivity (Wildman–Crippen MR) is 86.6 cm³/mol. The zero-order chi connectivity index (χ0) is 16.9. The maximum atomic E-state index is 12.5. The maximum Gasteiger partial charge on any atom is 0.244 e. The fourth-order valence-electron chi connectivity index (χ4n) is 2.04. The van der Waals surface area contributed by atoms with Crippen molar-refractivity contribution in [1.29, 1.82) is 0 Å². The lowest BCUT2D eigenvalue weighted by Crippen LogP contribution is -2.23. The Labute approximate surface area is 136 Å². The van der Waals surface area contributed by atoms with Gasteiger partial charge in [-0.25, -0.2) is 13.1 Å². The van der Waals surface area contributed by atoms with Gasteiger partial charge in [0.1, 0.15) is 22.1 Å². The van der Waals surface area contributed by atoms with Crippen LogP contribution in [0.2, 0.25) is 0 Å². The molecule has 23 heavy (non-hydrogen) atoms. The van der Waals surface area contributed by atoms with E-state index in [0.717, 1.165) is 5.56 Å². The number of ether oxygens (including phenoxy) is 3. The van der Waals surface area contributed by atoms with E-state index in [0.29, 0.717) is 11.5 Å². The van der Waals surface area contributed by atoms with Crippen LogP contribution in [0.15, 0.2) is 47.4 Å². The first-order chi connectivity index (χ1) is 11.0. The van der Waals surface area contributed by atoms with Crippen LogP contribution in [-0.2, 0) is 16.6 Å². The summed E-state index contributed by atoms with van der Waals surface area (Å²) < 4.78 is 42.8. The van der Waals surface area contributed by atoms with Crippen molar-refractivity contribution in [2.24, 2.45) is 0 Å². The van der Waals surface area contributed by atoms with E-state index in [1.165, 1.54) is 26.4 Å². The van der Waals surface area contributed by atoms with Crippen molar-refractivity contribution in [2.45, 2.75) is 11.4 Å². The van der Waals surface area contributed by atoms with Crippen molar-refractivity contribution in [1.82, 2.24) is 4.72 Å². The third-order valence-electron chi connectivity index (χ3n) is 3.26. The average Bonchev–Trinajstić information content (AvgIpc) is 2.59. The summed E-state index contributed by atoms with van der Waals surface area (Å²) >= 11 is 0. The lowest BCUT2D eigenvalue weighted by Gasteiger charge is -2.12. The van der Waals surface area contributed by atoms with Gasteiger partial charge >= 0.3 is 0 Å². The Kier molecular flexibility index (Phi) is 5.46. The molecule has 0 amide bonds. The van der Waals surface area contributed by atoms with Gasteiger partial charge in [-0.3, -0.25) is 0 Å². The second-order valence-electron chi connectivity index (χ2n) is 4.69. The van der Waals surface area contributed by atoms with Crippen LogP contribution in [0.3, 0.4) is 0 Å². The molecule has 0 saturated carbocycles. The molecule has 7 heteroatoms. The first-order valence-electron chi connectivity index (χ1n) is 6.85. The third kappa shape index (κ3) is 4.14. The Hall–Kier alpha value is -2.25. The van der Waals surface area contributed by atoms with Crippen molar-refractivity contribution in [3.63, 3.8) is 0 Å². The van der Waals surface area contributed by atoms with Crippen molar-refractivity contribution in [2.75, 3.05) is 21.3 Å². The Morgan fingerprint density at radius 1 is 0.913 bits per heavy atom. The highest BCUT2D eigenvalue weighted by atomic mass is 32.2. The standard InChI is InChI=1S/C16H19NO5S/c1-20-13-6-4-5-12(9-13)11-17-23(18,19)16-8-7-14(21-2)10-15(16)22-3/h4-10,17H,11H2,1-3H3.